The standard InChI is InChI=1S/C21H15N7O/c29-19-10-9-15-12-22-18(23-20(15)24-19)11-13-5-7-14(8-6-13)16-3-1-2-4-17(16)21-25-27-28-26-21/h1-9,12H,10-11H2,(H,25,26,27,28). The van der Waals surface area contributed by atoms with Crippen molar-refractivity contribution in [1.82, 2.24) is 30.6 Å². The number of tetrazole rings is 1. The molecule has 0 radical (unpaired) electrons. The molecule has 8 heteroatoms. The Hall–Kier alpha value is -4.07. The summed E-state index contributed by atoms with van der Waals surface area (Å²) in [6.45, 7) is 0. The molecule has 8 nitrogen and oxygen atoms in total. The van der Waals surface area contributed by atoms with E-state index in [0.717, 1.165) is 27.5 Å². The highest BCUT2D eigenvalue weighted by Crippen LogP contribution is 2.29. The van der Waals surface area contributed by atoms with E-state index in [0.29, 0.717) is 30.0 Å². The lowest BCUT2D eigenvalue weighted by Crippen LogP contribution is -2.34. The molecule has 2 aromatic heterocycles. The summed E-state index contributed by atoms with van der Waals surface area (Å²) in [5.41, 5.74) is 4.51. The van der Waals surface area contributed by atoms with E-state index >= 15 is 0 Å². The molecule has 1 aliphatic rings. The molecule has 1 N–H and O–H groups in total. The average Bonchev–Trinajstić information content (AvgIpc) is 3.29. The van der Waals surface area contributed by atoms with Crippen LogP contribution in [0.3, 0.4) is 0 Å². The molecule has 0 atom stereocenters. The number of carbonyl (C=O) groups is 1. The van der Waals surface area contributed by atoms with Crippen molar-refractivity contribution in [3.8, 4) is 22.5 Å². The number of aromatic nitrogens is 6. The molecule has 2 aromatic carbocycles. The Morgan fingerprint density at radius 2 is 1.83 bits per heavy atom. The summed E-state index contributed by atoms with van der Waals surface area (Å²) in [6, 6.07) is 16.1. The zero-order chi connectivity index (χ0) is 19.6. The smallest absolute Gasteiger partial charge is 0.251 e. The fourth-order valence-corrected chi connectivity index (χ4v) is 3.29. The van der Waals surface area contributed by atoms with Gasteiger partial charge in [0.15, 0.2) is 5.49 Å². The van der Waals surface area contributed by atoms with Gasteiger partial charge in [0, 0.05) is 29.8 Å². The Bertz CT molecular complexity index is 1310. The topological polar surface area (TPSA) is 110 Å². The van der Waals surface area contributed by atoms with Gasteiger partial charge >= 0.3 is 0 Å². The van der Waals surface area contributed by atoms with Gasteiger partial charge in [0.1, 0.15) is 5.82 Å². The van der Waals surface area contributed by atoms with E-state index in [1.165, 1.54) is 0 Å². The molecule has 29 heavy (non-hydrogen) atoms. The number of rotatable bonds is 4. The van der Waals surface area contributed by atoms with Crippen LogP contribution in [0.5, 0.6) is 0 Å². The van der Waals surface area contributed by atoms with Gasteiger partial charge in [0.25, 0.3) is 5.91 Å². The van der Waals surface area contributed by atoms with E-state index in [4.69, 9.17) is 0 Å². The van der Waals surface area contributed by atoms with Gasteiger partial charge in [0.05, 0.1) is 0 Å². The van der Waals surface area contributed by atoms with E-state index in [1.54, 1.807) is 6.20 Å². The zero-order valence-corrected chi connectivity index (χ0v) is 15.3. The van der Waals surface area contributed by atoms with Gasteiger partial charge in [-0.1, -0.05) is 54.6 Å². The van der Waals surface area contributed by atoms with Gasteiger partial charge in [-0.2, -0.15) is 10.2 Å². The molecule has 0 saturated heterocycles. The van der Waals surface area contributed by atoms with Gasteiger partial charge in [-0.05, 0) is 21.9 Å². The summed E-state index contributed by atoms with van der Waals surface area (Å²) >= 11 is 0. The van der Waals surface area contributed by atoms with Crippen molar-refractivity contribution in [2.75, 3.05) is 0 Å². The number of amides is 1. The molecule has 1 aliphatic heterocycles. The van der Waals surface area contributed by atoms with E-state index in [9.17, 15) is 4.79 Å². The van der Waals surface area contributed by atoms with Crippen LogP contribution < -0.4 is 10.7 Å². The molecule has 1 amide bonds. The number of nitrogens with zero attached hydrogens (tertiary/aromatic N) is 6. The lowest BCUT2D eigenvalue weighted by molar-refractivity contribution is -0.117. The van der Waals surface area contributed by atoms with Crippen LogP contribution in [0.25, 0.3) is 28.6 Å². The summed E-state index contributed by atoms with van der Waals surface area (Å²) in [5.74, 6) is 1.02. The Labute approximate surface area is 165 Å². The Kier molecular flexibility index (Phi) is 4.21. The van der Waals surface area contributed by atoms with Gasteiger partial charge in [-0.25, -0.2) is 9.97 Å². The van der Waals surface area contributed by atoms with Crippen LogP contribution in [0.2, 0.25) is 0 Å². The molecule has 0 spiro atoms. The number of carbonyl (C=O) groups excluding carboxylic acids is 1. The maximum absolute atomic E-state index is 11.5. The van der Waals surface area contributed by atoms with Crippen LogP contribution in [0, 0.1) is 0 Å². The van der Waals surface area contributed by atoms with Crippen molar-refractivity contribution in [2.45, 2.75) is 12.8 Å². The third-order valence-electron chi connectivity index (χ3n) is 4.71. The second-order valence-corrected chi connectivity index (χ2v) is 6.63. The highest BCUT2D eigenvalue weighted by Gasteiger charge is 2.11. The predicted octanol–water partition coefficient (Wildman–Crippen LogP) is 1.24. The summed E-state index contributed by atoms with van der Waals surface area (Å²) in [5, 5.41) is 15.1. The molecule has 0 bridgehead atoms. The maximum Gasteiger partial charge on any atom is 0.251 e. The van der Waals surface area contributed by atoms with E-state index in [2.05, 4.69) is 35.6 Å². The molecular weight excluding hydrogens is 366 g/mol. The van der Waals surface area contributed by atoms with Crippen LogP contribution in [-0.4, -0.2) is 36.5 Å². The molecule has 3 heterocycles. The molecule has 4 aromatic rings. The number of H-pyrrole nitrogens is 1. The van der Waals surface area contributed by atoms with E-state index in [1.807, 2.05) is 54.6 Å². The minimum atomic E-state index is -0.174. The lowest BCUT2D eigenvalue weighted by atomic mass is 9.98. The van der Waals surface area contributed by atoms with E-state index < -0.39 is 0 Å². The van der Waals surface area contributed by atoms with Crippen molar-refractivity contribution in [2.24, 2.45) is 4.99 Å². The predicted molar refractivity (Wildman–Crippen MR) is 105 cm³/mol. The molecule has 140 valence electrons. The van der Waals surface area contributed by atoms with Crippen LogP contribution in [0.4, 0.5) is 0 Å². The van der Waals surface area contributed by atoms with Gasteiger partial charge in [-0.3, -0.25) is 4.79 Å². The SMILES string of the molecule is O=C1CC=c2cnc(Cc3ccc(-c4ccccc4-c4nn[nH]n4)cc3)nc2=N1. The monoisotopic (exact) mass is 381 g/mol. The van der Waals surface area contributed by atoms with Crippen LogP contribution >= 0.6 is 0 Å². The zero-order valence-electron chi connectivity index (χ0n) is 15.3. The minimum Gasteiger partial charge on any atom is -0.272 e. The number of hydrogen-bond acceptors (Lipinski definition) is 6. The highest BCUT2D eigenvalue weighted by molar-refractivity contribution is 5.82. The fourth-order valence-electron chi connectivity index (χ4n) is 3.29. The third-order valence-corrected chi connectivity index (χ3v) is 4.71. The Morgan fingerprint density at radius 3 is 2.62 bits per heavy atom. The summed E-state index contributed by atoms with van der Waals surface area (Å²) in [7, 11) is 0. The first-order chi connectivity index (χ1) is 14.3. The van der Waals surface area contributed by atoms with Gasteiger partial charge in [0.2, 0.25) is 5.82 Å². The molecule has 0 fully saturated rings. The summed E-state index contributed by atoms with van der Waals surface area (Å²) in [4.78, 5) is 24.3. The van der Waals surface area contributed by atoms with Crippen molar-refractivity contribution in [3.05, 3.63) is 76.8 Å². The van der Waals surface area contributed by atoms with Crippen molar-refractivity contribution >= 4 is 12.0 Å². The normalized spacial score (nSPS) is 12.8. The Balaban J connectivity index is 1.43. The van der Waals surface area contributed by atoms with Crippen LogP contribution in [0.15, 0.2) is 59.7 Å². The number of aromatic amines is 1. The lowest BCUT2D eigenvalue weighted by Gasteiger charge is -2.08. The molecule has 0 saturated carbocycles. The second kappa shape index (κ2) is 7.16. The number of nitrogens with one attached hydrogen (secondary N) is 1. The quantitative estimate of drug-likeness (QED) is 0.570. The largest absolute Gasteiger partial charge is 0.272 e. The van der Waals surface area contributed by atoms with Crippen molar-refractivity contribution in [1.29, 1.82) is 0 Å². The number of hydrogen-bond donors (Lipinski definition) is 1. The molecule has 0 unspecified atom stereocenters. The van der Waals surface area contributed by atoms with Crippen LogP contribution in [0.1, 0.15) is 17.8 Å². The summed E-state index contributed by atoms with van der Waals surface area (Å²) in [6.07, 6.45) is 4.40. The third kappa shape index (κ3) is 3.43. The Morgan fingerprint density at radius 1 is 1.00 bits per heavy atom. The van der Waals surface area contributed by atoms with Crippen LogP contribution in [-0.2, 0) is 11.2 Å². The first-order valence-corrected chi connectivity index (χ1v) is 9.12. The first kappa shape index (κ1) is 17.1. The van der Waals surface area contributed by atoms with E-state index in [-0.39, 0.29) is 5.91 Å². The molecular formula is C21H15N7O. The van der Waals surface area contributed by atoms with Crippen molar-refractivity contribution in [3.63, 3.8) is 0 Å². The molecule has 5 rings (SSSR count). The van der Waals surface area contributed by atoms with Gasteiger partial charge in [-0.15, -0.1) is 10.2 Å². The maximum atomic E-state index is 11.5. The van der Waals surface area contributed by atoms with Gasteiger partial charge < -0.3 is 0 Å². The number of benzene rings is 2. The highest BCUT2D eigenvalue weighted by atomic mass is 16.1. The second-order valence-electron chi connectivity index (χ2n) is 6.63. The molecule has 0 aliphatic carbocycles. The average molecular weight is 381 g/mol. The van der Waals surface area contributed by atoms with Crippen molar-refractivity contribution < 1.29 is 4.79 Å². The number of fused-ring (bicyclic) bond motifs is 1. The minimum absolute atomic E-state index is 0.174. The summed E-state index contributed by atoms with van der Waals surface area (Å²) < 4.78 is 0. The fraction of sp³-hybridized carbons (Fsp3) is 0.0952. The first-order valence-electron chi connectivity index (χ1n) is 9.12.